The van der Waals surface area contributed by atoms with Crippen LogP contribution >= 0.6 is 11.3 Å². The van der Waals surface area contributed by atoms with Gasteiger partial charge in [-0.3, -0.25) is 4.72 Å². The first-order valence-electron chi connectivity index (χ1n) is 9.67. The van der Waals surface area contributed by atoms with Crippen LogP contribution in [0.15, 0.2) is 77.0 Å². The number of sulfonamides is 1. The van der Waals surface area contributed by atoms with E-state index in [-0.39, 0.29) is 4.90 Å². The van der Waals surface area contributed by atoms with Gasteiger partial charge in [-0.25, -0.2) is 13.4 Å². The molecule has 0 aliphatic rings. The van der Waals surface area contributed by atoms with Gasteiger partial charge in [0.1, 0.15) is 10.8 Å². The molecule has 5 nitrogen and oxygen atoms in total. The number of ether oxygens (including phenoxy) is 1. The standard InChI is InChI=1S/C24H22N2O3S2/c1-16-17(2)23(14-13-22(16)29-3)31(27,28)26-20-11-9-18(10-12-20)21-15-30-24(25-21)19-7-5-4-6-8-19/h4-15,26H,1-3H3. The molecule has 158 valence electrons. The summed E-state index contributed by atoms with van der Waals surface area (Å²) >= 11 is 1.58. The summed E-state index contributed by atoms with van der Waals surface area (Å²) in [5.74, 6) is 0.666. The number of methoxy groups -OCH3 is 1. The molecule has 0 bridgehead atoms. The van der Waals surface area contributed by atoms with E-state index >= 15 is 0 Å². The number of aromatic nitrogens is 1. The molecule has 0 saturated heterocycles. The number of hydrogen-bond acceptors (Lipinski definition) is 5. The predicted molar refractivity (Wildman–Crippen MR) is 126 cm³/mol. The van der Waals surface area contributed by atoms with Crippen molar-refractivity contribution >= 4 is 27.0 Å². The van der Waals surface area contributed by atoms with Gasteiger partial charge in [-0.1, -0.05) is 42.5 Å². The van der Waals surface area contributed by atoms with Crippen LogP contribution in [-0.4, -0.2) is 20.5 Å². The molecule has 1 heterocycles. The maximum absolute atomic E-state index is 12.9. The maximum atomic E-state index is 12.9. The van der Waals surface area contributed by atoms with Crippen LogP contribution in [0.3, 0.4) is 0 Å². The van der Waals surface area contributed by atoms with Gasteiger partial charge in [-0.2, -0.15) is 0 Å². The summed E-state index contributed by atoms with van der Waals surface area (Å²) in [5.41, 5.74) is 4.83. The summed E-state index contributed by atoms with van der Waals surface area (Å²) < 4.78 is 33.8. The second-order valence-electron chi connectivity index (χ2n) is 7.10. The quantitative estimate of drug-likeness (QED) is 0.397. The van der Waals surface area contributed by atoms with Gasteiger partial charge in [0.05, 0.1) is 17.7 Å². The zero-order valence-electron chi connectivity index (χ0n) is 17.4. The Kier molecular flexibility index (Phi) is 5.80. The fourth-order valence-corrected chi connectivity index (χ4v) is 5.52. The van der Waals surface area contributed by atoms with Gasteiger partial charge in [0, 0.05) is 22.2 Å². The van der Waals surface area contributed by atoms with Crippen LogP contribution < -0.4 is 9.46 Å². The number of hydrogen-bond donors (Lipinski definition) is 1. The predicted octanol–water partition coefficient (Wildman–Crippen LogP) is 5.90. The minimum Gasteiger partial charge on any atom is -0.496 e. The van der Waals surface area contributed by atoms with Gasteiger partial charge in [-0.05, 0) is 49.2 Å². The number of benzene rings is 3. The Bertz CT molecular complexity index is 1310. The van der Waals surface area contributed by atoms with E-state index in [1.807, 2.05) is 54.8 Å². The minimum atomic E-state index is -3.72. The first-order valence-corrected chi connectivity index (χ1v) is 12.0. The lowest BCUT2D eigenvalue weighted by molar-refractivity contribution is 0.411. The van der Waals surface area contributed by atoms with E-state index in [2.05, 4.69) is 4.72 Å². The molecule has 1 aromatic heterocycles. The first-order chi connectivity index (χ1) is 14.9. The molecule has 31 heavy (non-hydrogen) atoms. The largest absolute Gasteiger partial charge is 0.496 e. The van der Waals surface area contributed by atoms with Crippen molar-refractivity contribution in [2.75, 3.05) is 11.8 Å². The molecule has 0 saturated carbocycles. The molecule has 7 heteroatoms. The summed E-state index contributed by atoms with van der Waals surface area (Å²) in [4.78, 5) is 4.95. The molecule has 1 N–H and O–H groups in total. The number of anilines is 1. The van der Waals surface area contributed by atoms with Crippen LogP contribution in [0, 0.1) is 13.8 Å². The molecule has 0 unspecified atom stereocenters. The van der Waals surface area contributed by atoms with Gasteiger partial charge in [0.15, 0.2) is 0 Å². The van der Waals surface area contributed by atoms with Gasteiger partial charge >= 0.3 is 0 Å². The molecule has 0 spiro atoms. The SMILES string of the molecule is COc1ccc(S(=O)(=O)Nc2ccc(-c3csc(-c4ccccc4)n3)cc2)c(C)c1C. The highest BCUT2D eigenvalue weighted by molar-refractivity contribution is 7.92. The van der Waals surface area contributed by atoms with Crippen molar-refractivity contribution < 1.29 is 13.2 Å². The number of thiazole rings is 1. The highest BCUT2D eigenvalue weighted by Gasteiger charge is 2.20. The molecule has 0 amide bonds. The number of nitrogens with zero attached hydrogens (tertiary/aromatic N) is 1. The Hall–Kier alpha value is -3.16. The molecule has 4 aromatic rings. The smallest absolute Gasteiger partial charge is 0.262 e. The van der Waals surface area contributed by atoms with Crippen LogP contribution in [-0.2, 0) is 10.0 Å². The normalized spacial score (nSPS) is 11.3. The zero-order valence-corrected chi connectivity index (χ0v) is 19.0. The average Bonchev–Trinajstić information content (AvgIpc) is 3.26. The van der Waals surface area contributed by atoms with Crippen molar-refractivity contribution in [1.29, 1.82) is 0 Å². The summed E-state index contributed by atoms with van der Waals surface area (Å²) in [6.07, 6.45) is 0. The first kappa shape index (κ1) is 21.1. The van der Waals surface area contributed by atoms with E-state index < -0.39 is 10.0 Å². The van der Waals surface area contributed by atoms with Crippen molar-refractivity contribution in [3.8, 4) is 27.6 Å². The lowest BCUT2D eigenvalue weighted by Gasteiger charge is -2.14. The Morgan fingerprint density at radius 1 is 0.871 bits per heavy atom. The highest BCUT2D eigenvalue weighted by atomic mass is 32.2. The van der Waals surface area contributed by atoms with Gasteiger partial charge in [0.2, 0.25) is 0 Å². The second kappa shape index (κ2) is 8.53. The van der Waals surface area contributed by atoms with Crippen molar-refractivity contribution in [2.24, 2.45) is 0 Å². The van der Waals surface area contributed by atoms with Crippen LogP contribution in [0.2, 0.25) is 0 Å². The van der Waals surface area contributed by atoms with Gasteiger partial charge in [0.25, 0.3) is 10.0 Å². The molecule has 0 fully saturated rings. The van der Waals surface area contributed by atoms with Crippen molar-refractivity contribution in [3.63, 3.8) is 0 Å². The molecule has 3 aromatic carbocycles. The van der Waals surface area contributed by atoms with E-state index in [0.717, 1.165) is 27.4 Å². The van der Waals surface area contributed by atoms with E-state index in [0.29, 0.717) is 17.0 Å². The molecule has 0 atom stereocenters. The minimum absolute atomic E-state index is 0.238. The summed E-state index contributed by atoms with van der Waals surface area (Å²) in [6, 6.07) is 20.5. The summed E-state index contributed by atoms with van der Waals surface area (Å²) in [6.45, 7) is 3.63. The fourth-order valence-electron chi connectivity index (χ4n) is 3.32. The van der Waals surface area contributed by atoms with E-state index in [4.69, 9.17) is 9.72 Å². The van der Waals surface area contributed by atoms with Crippen molar-refractivity contribution in [3.05, 3.63) is 83.2 Å². The van der Waals surface area contributed by atoms with E-state index in [1.165, 1.54) is 0 Å². The molecule has 0 radical (unpaired) electrons. The van der Waals surface area contributed by atoms with E-state index in [9.17, 15) is 8.42 Å². The fraction of sp³-hybridized carbons (Fsp3) is 0.125. The molecule has 4 rings (SSSR count). The van der Waals surface area contributed by atoms with E-state index in [1.54, 1.807) is 49.6 Å². The van der Waals surface area contributed by atoms with Crippen LogP contribution in [0.1, 0.15) is 11.1 Å². The number of rotatable bonds is 6. The second-order valence-corrected chi connectivity index (χ2v) is 9.61. The Morgan fingerprint density at radius 3 is 2.26 bits per heavy atom. The third-order valence-corrected chi connectivity index (χ3v) is 7.57. The lowest BCUT2D eigenvalue weighted by Crippen LogP contribution is -2.15. The average molecular weight is 451 g/mol. The molecule has 0 aliphatic carbocycles. The number of nitrogens with one attached hydrogen (secondary N) is 1. The van der Waals surface area contributed by atoms with Crippen molar-refractivity contribution in [1.82, 2.24) is 4.98 Å². The van der Waals surface area contributed by atoms with Gasteiger partial charge in [-0.15, -0.1) is 11.3 Å². The molecular weight excluding hydrogens is 428 g/mol. The van der Waals surface area contributed by atoms with Crippen LogP contribution in [0.4, 0.5) is 5.69 Å². The van der Waals surface area contributed by atoms with Gasteiger partial charge < -0.3 is 4.74 Å². The third kappa shape index (κ3) is 4.33. The molecular formula is C24H22N2O3S2. The Balaban J connectivity index is 1.55. The Morgan fingerprint density at radius 2 is 1.58 bits per heavy atom. The molecule has 0 aliphatic heterocycles. The van der Waals surface area contributed by atoms with Crippen LogP contribution in [0.25, 0.3) is 21.8 Å². The maximum Gasteiger partial charge on any atom is 0.262 e. The lowest BCUT2D eigenvalue weighted by atomic mass is 10.1. The highest BCUT2D eigenvalue weighted by Crippen LogP contribution is 2.31. The topological polar surface area (TPSA) is 68.3 Å². The van der Waals surface area contributed by atoms with Crippen LogP contribution in [0.5, 0.6) is 5.75 Å². The Labute approximate surface area is 186 Å². The van der Waals surface area contributed by atoms with Crippen molar-refractivity contribution in [2.45, 2.75) is 18.7 Å². The monoisotopic (exact) mass is 450 g/mol. The zero-order chi connectivity index (χ0) is 22.0. The summed E-state index contributed by atoms with van der Waals surface area (Å²) in [5, 5.41) is 2.95. The third-order valence-electron chi connectivity index (χ3n) is 5.16. The summed E-state index contributed by atoms with van der Waals surface area (Å²) in [7, 11) is -2.15.